The molecule has 194 valence electrons. The molecule has 36 heavy (non-hydrogen) atoms. The Bertz CT molecular complexity index is 1010. The van der Waals surface area contributed by atoms with Crippen LogP contribution < -0.4 is 4.74 Å². The first-order chi connectivity index (χ1) is 17.5. The fraction of sp³-hybridized carbons (Fsp3) is 0.567. The summed E-state index contributed by atoms with van der Waals surface area (Å²) in [4.78, 5) is 20.5. The summed E-state index contributed by atoms with van der Waals surface area (Å²) in [6.07, 6.45) is 7.70. The molecule has 1 spiro atoms. The summed E-state index contributed by atoms with van der Waals surface area (Å²) in [6, 6.07) is 19.1. The van der Waals surface area contributed by atoms with Crippen molar-refractivity contribution in [1.82, 2.24) is 14.7 Å². The van der Waals surface area contributed by atoms with E-state index in [1.807, 2.05) is 12.1 Å². The van der Waals surface area contributed by atoms with Gasteiger partial charge in [0.25, 0.3) is 0 Å². The van der Waals surface area contributed by atoms with Gasteiger partial charge in [0, 0.05) is 31.7 Å². The van der Waals surface area contributed by atoms with Gasteiger partial charge in [0.05, 0.1) is 19.3 Å². The zero-order valence-electron chi connectivity index (χ0n) is 21.9. The lowest BCUT2D eigenvalue weighted by Gasteiger charge is -2.52. The molecule has 3 aliphatic rings. The Morgan fingerprint density at radius 2 is 1.72 bits per heavy atom. The van der Waals surface area contributed by atoms with Crippen LogP contribution in [0.1, 0.15) is 56.1 Å². The number of amides is 2. The Labute approximate surface area is 215 Å². The first kappa shape index (κ1) is 25.1. The molecule has 1 N–H and O–H groups in total. The van der Waals surface area contributed by atoms with Crippen molar-refractivity contribution in [2.45, 2.75) is 62.6 Å². The molecule has 2 aromatic carbocycles. The van der Waals surface area contributed by atoms with Gasteiger partial charge in [-0.1, -0.05) is 48.9 Å². The van der Waals surface area contributed by atoms with Crippen molar-refractivity contribution in [3.63, 3.8) is 0 Å². The van der Waals surface area contributed by atoms with E-state index in [1.54, 1.807) is 7.11 Å². The molecule has 0 radical (unpaired) electrons. The van der Waals surface area contributed by atoms with E-state index in [-0.39, 0.29) is 23.7 Å². The fourth-order valence-electron chi connectivity index (χ4n) is 6.72. The number of nitrogens with zero attached hydrogens (tertiary/aromatic N) is 3. The van der Waals surface area contributed by atoms with E-state index < -0.39 is 0 Å². The van der Waals surface area contributed by atoms with Gasteiger partial charge in [-0.25, -0.2) is 4.79 Å². The third kappa shape index (κ3) is 4.61. The predicted molar refractivity (Wildman–Crippen MR) is 142 cm³/mol. The lowest BCUT2D eigenvalue weighted by atomic mass is 9.67. The number of aliphatic hydroxyl groups is 1. The van der Waals surface area contributed by atoms with Gasteiger partial charge in [-0.2, -0.15) is 0 Å². The Kier molecular flexibility index (Phi) is 7.27. The second-order valence-electron chi connectivity index (χ2n) is 11.2. The van der Waals surface area contributed by atoms with Crippen LogP contribution >= 0.6 is 0 Å². The minimum absolute atomic E-state index is 0.107. The van der Waals surface area contributed by atoms with Crippen molar-refractivity contribution < 1.29 is 14.6 Å². The highest BCUT2D eigenvalue weighted by Crippen LogP contribution is 2.50. The van der Waals surface area contributed by atoms with Crippen molar-refractivity contribution in [2.75, 3.05) is 40.4 Å². The number of urea groups is 1. The minimum Gasteiger partial charge on any atom is -0.497 e. The summed E-state index contributed by atoms with van der Waals surface area (Å²) in [6.45, 7) is 3.12. The third-order valence-electron chi connectivity index (χ3n) is 9.24. The number of likely N-dealkylation sites (N-methyl/N-ethyl adjacent to an activating group) is 1. The van der Waals surface area contributed by atoms with Crippen LogP contribution in [0.15, 0.2) is 54.6 Å². The lowest BCUT2D eigenvalue weighted by Crippen LogP contribution is -2.57. The summed E-state index contributed by atoms with van der Waals surface area (Å²) in [5, 5.41) is 9.74. The average Bonchev–Trinajstić information content (AvgIpc) is 3.13. The molecule has 1 saturated heterocycles. The van der Waals surface area contributed by atoms with E-state index >= 15 is 0 Å². The summed E-state index contributed by atoms with van der Waals surface area (Å²) in [5.74, 6) is 1.48. The van der Waals surface area contributed by atoms with Gasteiger partial charge < -0.3 is 19.6 Å². The van der Waals surface area contributed by atoms with Gasteiger partial charge in [0.2, 0.25) is 0 Å². The van der Waals surface area contributed by atoms with Crippen LogP contribution in [0.25, 0.3) is 0 Å². The van der Waals surface area contributed by atoms with Crippen LogP contribution in [0.5, 0.6) is 5.75 Å². The number of hydrogen-bond acceptors (Lipinski definition) is 4. The van der Waals surface area contributed by atoms with E-state index in [9.17, 15) is 9.90 Å². The molecule has 3 fully saturated rings. The summed E-state index contributed by atoms with van der Waals surface area (Å²) in [5.41, 5.74) is 2.24. The van der Waals surface area contributed by atoms with Crippen molar-refractivity contribution in [3.05, 3.63) is 65.7 Å². The van der Waals surface area contributed by atoms with E-state index in [4.69, 9.17) is 4.74 Å². The van der Waals surface area contributed by atoms with Crippen LogP contribution in [-0.2, 0) is 12.1 Å². The Balaban J connectivity index is 1.39. The molecule has 1 aliphatic heterocycles. The number of ether oxygens (including phenoxy) is 1. The Morgan fingerprint density at radius 1 is 1.03 bits per heavy atom. The Morgan fingerprint density at radius 3 is 2.31 bits per heavy atom. The van der Waals surface area contributed by atoms with Gasteiger partial charge >= 0.3 is 6.03 Å². The summed E-state index contributed by atoms with van der Waals surface area (Å²) >= 11 is 0. The molecule has 2 aliphatic carbocycles. The topological polar surface area (TPSA) is 56.2 Å². The largest absolute Gasteiger partial charge is 0.497 e. The molecule has 5 rings (SSSR count). The van der Waals surface area contributed by atoms with Crippen LogP contribution in [0.4, 0.5) is 4.79 Å². The highest BCUT2D eigenvalue weighted by molar-refractivity contribution is 5.78. The monoisotopic (exact) mass is 491 g/mol. The van der Waals surface area contributed by atoms with E-state index in [0.717, 1.165) is 50.1 Å². The summed E-state index contributed by atoms with van der Waals surface area (Å²) < 4.78 is 5.31. The van der Waals surface area contributed by atoms with Crippen molar-refractivity contribution in [2.24, 2.45) is 5.92 Å². The number of benzene rings is 2. The van der Waals surface area contributed by atoms with Crippen LogP contribution in [0.2, 0.25) is 0 Å². The Hall–Kier alpha value is -2.57. The summed E-state index contributed by atoms with van der Waals surface area (Å²) in [7, 11) is 3.82. The first-order valence-corrected chi connectivity index (χ1v) is 13.6. The standard InChI is InChI=1S/C30H41N3O3/c1-31(19-20-34)30(26-9-4-3-5-10-26)17-15-29(16-18-30)23-32(21-25-11-13-27(36-2)14-12-25)28(35)33(29)22-24-7-6-8-24/h3-5,9-14,24,34H,6-8,15-23H2,1-2H3/t29-,30-. The smallest absolute Gasteiger partial charge is 0.320 e. The maximum absolute atomic E-state index is 13.8. The highest BCUT2D eigenvalue weighted by atomic mass is 16.5. The molecule has 2 saturated carbocycles. The van der Waals surface area contributed by atoms with Gasteiger partial charge in [-0.15, -0.1) is 0 Å². The zero-order valence-corrected chi connectivity index (χ0v) is 21.9. The molecule has 1 heterocycles. The molecule has 6 nitrogen and oxygen atoms in total. The number of carbonyl (C=O) groups excluding carboxylic acids is 1. The molecular weight excluding hydrogens is 450 g/mol. The van der Waals surface area contributed by atoms with Gasteiger partial charge in [0.1, 0.15) is 5.75 Å². The molecule has 6 heteroatoms. The van der Waals surface area contributed by atoms with Gasteiger partial charge in [-0.3, -0.25) is 4.90 Å². The predicted octanol–water partition coefficient (Wildman–Crippen LogP) is 4.87. The van der Waals surface area contributed by atoms with Crippen molar-refractivity contribution in [1.29, 1.82) is 0 Å². The van der Waals surface area contributed by atoms with Crippen molar-refractivity contribution >= 4 is 6.03 Å². The molecule has 2 amide bonds. The quantitative estimate of drug-likeness (QED) is 0.544. The van der Waals surface area contributed by atoms with Gasteiger partial charge in [0.15, 0.2) is 0 Å². The number of carbonyl (C=O) groups is 1. The van der Waals surface area contributed by atoms with Gasteiger partial charge in [-0.05, 0) is 74.8 Å². The molecule has 2 aromatic rings. The number of aliphatic hydroxyl groups excluding tert-OH is 1. The van der Waals surface area contributed by atoms with Crippen LogP contribution in [-0.4, -0.2) is 71.8 Å². The normalized spacial score (nSPS) is 26.6. The number of rotatable bonds is 9. The minimum atomic E-state index is -0.114. The zero-order chi connectivity index (χ0) is 25.2. The average molecular weight is 492 g/mol. The number of hydrogen-bond donors (Lipinski definition) is 1. The number of methoxy groups -OCH3 is 1. The molecule has 0 aromatic heterocycles. The first-order valence-electron chi connectivity index (χ1n) is 13.6. The SMILES string of the molecule is COc1ccc(CN2C[C@]3(CC[C@@](c4ccccc4)(N(C)CCO)CC3)N(CC3CCC3)C2=O)cc1. The second kappa shape index (κ2) is 10.4. The second-order valence-corrected chi connectivity index (χ2v) is 11.2. The molecular formula is C30H41N3O3. The maximum Gasteiger partial charge on any atom is 0.320 e. The maximum atomic E-state index is 13.8. The van der Waals surface area contributed by atoms with E-state index in [2.05, 4.69) is 64.2 Å². The van der Waals surface area contributed by atoms with Crippen molar-refractivity contribution in [3.8, 4) is 5.75 Å². The van der Waals surface area contributed by atoms with Crippen LogP contribution in [0, 0.1) is 5.92 Å². The lowest BCUT2D eigenvalue weighted by molar-refractivity contribution is -0.00118. The molecule has 0 bridgehead atoms. The molecule has 0 atom stereocenters. The molecule has 0 unspecified atom stereocenters. The fourth-order valence-corrected chi connectivity index (χ4v) is 6.72. The highest BCUT2D eigenvalue weighted by Gasteiger charge is 2.55. The van der Waals surface area contributed by atoms with E-state index in [0.29, 0.717) is 19.0 Å². The van der Waals surface area contributed by atoms with Crippen LogP contribution in [0.3, 0.4) is 0 Å². The third-order valence-corrected chi connectivity index (χ3v) is 9.24. The van der Waals surface area contributed by atoms with E-state index in [1.165, 1.54) is 24.8 Å².